The predicted octanol–water partition coefficient (Wildman–Crippen LogP) is -0.279. The van der Waals surface area contributed by atoms with Crippen molar-refractivity contribution in [3.63, 3.8) is 0 Å². The lowest BCUT2D eigenvalue weighted by Crippen LogP contribution is -2.42. The third-order valence-corrected chi connectivity index (χ3v) is 2.00. The van der Waals surface area contributed by atoms with Crippen LogP contribution in [0.15, 0.2) is 18.2 Å². The molecule has 2 rings (SSSR count). The number of imide groups is 1. The molecule has 5 nitrogen and oxygen atoms in total. The van der Waals surface area contributed by atoms with Crippen molar-refractivity contribution >= 4 is 23.3 Å². The zero-order valence-corrected chi connectivity index (χ0v) is 7.03. The normalized spacial score (nSPS) is 15.0. The Labute approximate surface area is 78.9 Å². The summed E-state index contributed by atoms with van der Waals surface area (Å²) in [5.74, 6) is -2.26. The summed E-state index contributed by atoms with van der Waals surface area (Å²) in [5, 5.41) is 1.92. The van der Waals surface area contributed by atoms with Crippen LogP contribution in [-0.4, -0.2) is 17.6 Å². The highest BCUT2D eigenvalue weighted by Gasteiger charge is 2.31. The first-order valence-electron chi connectivity index (χ1n) is 3.90. The van der Waals surface area contributed by atoms with E-state index in [4.69, 9.17) is 5.73 Å². The number of amides is 2. The Morgan fingerprint density at radius 2 is 1.79 bits per heavy atom. The number of carbonyl (C=O) groups is 3. The molecule has 0 unspecified atom stereocenters. The van der Waals surface area contributed by atoms with E-state index in [9.17, 15) is 14.4 Å². The molecule has 1 aromatic carbocycles. The summed E-state index contributed by atoms with van der Waals surface area (Å²) in [6, 6.07) is 4.43. The molecule has 70 valence electrons. The second-order valence-corrected chi connectivity index (χ2v) is 2.88. The lowest BCUT2D eigenvalue weighted by atomic mass is 9.97. The number of Topliss-reactive ketones (excluding diaryl/α,β-unsaturated/α-hetero) is 1. The Balaban J connectivity index is 2.73. The first-order valence-corrected chi connectivity index (χ1v) is 3.90. The number of hydrogen-bond acceptors (Lipinski definition) is 4. The Bertz CT molecular complexity index is 465. The van der Waals surface area contributed by atoms with Gasteiger partial charge in [0.1, 0.15) is 0 Å². The first kappa shape index (κ1) is 8.43. The minimum atomic E-state index is -0.909. The molecule has 1 aliphatic heterocycles. The van der Waals surface area contributed by atoms with Crippen molar-refractivity contribution in [2.24, 2.45) is 0 Å². The molecule has 0 bridgehead atoms. The maximum absolute atomic E-state index is 11.3. The third kappa shape index (κ3) is 0.990. The van der Waals surface area contributed by atoms with Gasteiger partial charge in [0.15, 0.2) is 0 Å². The van der Waals surface area contributed by atoms with Gasteiger partial charge in [-0.1, -0.05) is 6.07 Å². The van der Waals surface area contributed by atoms with Crippen LogP contribution >= 0.6 is 0 Å². The quantitative estimate of drug-likeness (QED) is 0.334. The van der Waals surface area contributed by atoms with E-state index in [1.807, 2.05) is 5.32 Å². The SMILES string of the molecule is Nc1cccc2c1C(=O)NC(=O)C2=O. The molecule has 0 radical (unpaired) electrons. The molecule has 0 saturated carbocycles. The van der Waals surface area contributed by atoms with Gasteiger partial charge in [-0.05, 0) is 12.1 Å². The van der Waals surface area contributed by atoms with Gasteiger partial charge in [0, 0.05) is 11.3 Å². The largest absolute Gasteiger partial charge is 0.398 e. The monoisotopic (exact) mass is 190 g/mol. The predicted molar refractivity (Wildman–Crippen MR) is 47.7 cm³/mol. The summed E-state index contributed by atoms with van der Waals surface area (Å²) in [7, 11) is 0. The maximum Gasteiger partial charge on any atom is 0.299 e. The highest BCUT2D eigenvalue weighted by molar-refractivity contribution is 6.49. The number of fused-ring (bicyclic) bond motifs is 1. The molecule has 0 aliphatic carbocycles. The van der Waals surface area contributed by atoms with E-state index in [0.717, 1.165) is 0 Å². The highest BCUT2D eigenvalue weighted by atomic mass is 16.2. The Morgan fingerprint density at radius 1 is 1.07 bits per heavy atom. The van der Waals surface area contributed by atoms with Crippen LogP contribution in [0, 0.1) is 0 Å². The fourth-order valence-electron chi connectivity index (χ4n) is 1.36. The van der Waals surface area contributed by atoms with Crippen molar-refractivity contribution in [3.8, 4) is 0 Å². The second-order valence-electron chi connectivity index (χ2n) is 2.88. The van der Waals surface area contributed by atoms with Crippen LogP contribution in [0.2, 0.25) is 0 Å². The molecule has 14 heavy (non-hydrogen) atoms. The summed E-state index contributed by atoms with van der Waals surface area (Å²) >= 11 is 0. The summed E-state index contributed by atoms with van der Waals surface area (Å²) in [6.07, 6.45) is 0. The lowest BCUT2D eigenvalue weighted by Gasteiger charge is -2.14. The Morgan fingerprint density at radius 3 is 2.50 bits per heavy atom. The smallest absolute Gasteiger partial charge is 0.299 e. The molecule has 0 atom stereocenters. The van der Waals surface area contributed by atoms with Crippen LogP contribution in [0.25, 0.3) is 0 Å². The van der Waals surface area contributed by atoms with Crippen LogP contribution in [-0.2, 0) is 4.79 Å². The molecule has 5 heteroatoms. The van der Waals surface area contributed by atoms with E-state index in [-0.39, 0.29) is 16.8 Å². The summed E-state index contributed by atoms with van der Waals surface area (Å²) < 4.78 is 0. The van der Waals surface area contributed by atoms with Crippen molar-refractivity contribution in [1.29, 1.82) is 0 Å². The van der Waals surface area contributed by atoms with Gasteiger partial charge in [0.25, 0.3) is 17.6 Å². The van der Waals surface area contributed by atoms with Crippen molar-refractivity contribution in [2.45, 2.75) is 0 Å². The van der Waals surface area contributed by atoms with Crippen molar-refractivity contribution in [3.05, 3.63) is 29.3 Å². The number of rotatable bonds is 0. The van der Waals surface area contributed by atoms with Crippen molar-refractivity contribution < 1.29 is 14.4 Å². The van der Waals surface area contributed by atoms with Gasteiger partial charge in [-0.3, -0.25) is 19.7 Å². The number of benzene rings is 1. The Kier molecular flexibility index (Phi) is 1.60. The lowest BCUT2D eigenvalue weighted by molar-refractivity contribution is -0.116. The molecule has 0 aromatic heterocycles. The van der Waals surface area contributed by atoms with E-state index < -0.39 is 17.6 Å². The number of nitrogens with one attached hydrogen (secondary N) is 1. The molecule has 2 amide bonds. The molecule has 1 aliphatic rings. The van der Waals surface area contributed by atoms with Gasteiger partial charge in [-0.25, -0.2) is 0 Å². The zero-order valence-electron chi connectivity index (χ0n) is 7.03. The highest BCUT2D eigenvalue weighted by Crippen LogP contribution is 2.20. The average Bonchev–Trinajstić information content (AvgIpc) is 2.14. The molecule has 1 aromatic rings. The topological polar surface area (TPSA) is 89.3 Å². The fraction of sp³-hybridized carbons (Fsp3) is 0. The van der Waals surface area contributed by atoms with Gasteiger partial charge in [-0.15, -0.1) is 0 Å². The third-order valence-electron chi connectivity index (χ3n) is 2.00. The number of nitrogens with two attached hydrogens (primary N) is 1. The van der Waals surface area contributed by atoms with Crippen LogP contribution in [0.5, 0.6) is 0 Å². The number of nitrogen functional groups attached to an aromatic ring is 1. The van der Waals surface area contributed by atoms with Gasteiger partial charge in [0.2, 0.25) is 0 Å². The molecule has 0 saturated heterocycles. The van der Waals surface area contributed by atoms with Gasteiger partial charge in [0.05, 0.1) is 5.56 Å². The summed E-state index contributed by atoms with van der Waals surface area (Å²) in [6.45, 7) is 0. The first-order chi connectivity index (χ1) is 6.61. The molecule has 0 fully saturated rings. The average molecular weight is 190 g/mol. The zero-order chi connectivity index (χ0) is 10.3. The van der Waals surface area contributed by atoms with Crippen LogP contribution in [0.4, 0.5) is 5.69 Å². The maximum atomic E-state index is 11.3. The van der Waals surface area contributed by atoms with E-state index in [1.54, 1.807) is 0 Å². The van der Waals surface area contributed by atoms with Crippen LogP contribution in [0.3, 0.4) is 0 Å². The molecule has 0 spiro atoms. The second kappa shape index (κ2) is 2.66. The van der Waals surface area contributed by atoms with E-state index in [1.165, 1.54) is 18.2 Å². The van der Waals surface area contributed by atoms with Crippen molar-refractivity contribution in [2.75, 3.05) is 5.73 Å². The van der Waals surface area contributed by atoms with E-state index in [2.05, 4.69) is 0 Å². The van der Waals surface area contributed by atoms with Gasteiger partial charge in [-0.2, -0.15) is 0 Å². The molecular weight excluding hydrogens is 184 g/mol. The van der Waals surface area contributed by atoms with E-state index in [0.29, 0.717) is 0 Å². The van der Waals surface area contributed by atoms with Crippen LogP contribution < -0.4 is 11.1 Å². The van der Waals surface area contributed by atoms with Crippen LogP contribution in [0.1, 0.15) is 20.7 Å². The summed E-state index contributed by atoms with van der Waals surface area (Å²) in [4.78, 5) is 33.5. The molecule has 1 heterocycles. The minimum absolute atomic E-state index is 0.0683. The van der Waals surface area contributed by atoms with Gasteiger partial charge < -0.3 is 5.73 Å². The molecular formula is C9H6N2O3. The minimum Gasteiger partial charge on any atom is -0.398 e. The van der Waals surface area contributed by atoms with Gasteiger partial charge >= 0.3 is 0 Å². The molecule has 3 N–H and O–H groups in total. The number of hydrogen-bond donors (Lipinski definition) is 2. The summed E-state index contributed by atoms with van der Waals surface area (Å²) in [5.41, 5.74) is 5.86. The van der Waals surface area contributed by atoms with E-state index >= 15 is 0 Å². The number of carbonyl (C=O) groups excluding carboxylic acids is 3. The Hall–Kier alpha value is -2.17. The fourth-order valence-corrected chi connectivity index (χ4v) is 1.36. The van der Waals surface area contributed by atoms with Crippen molar-refractivity contribution in [1.82, 2.24) is 5.32 Å². The number of anilines is 1. The standard InChI is InChI=1S/C9H6N2O3/c10-5-3-1-2-4-6(5)8(13)11-9(14)7(4)12/h1-3H,10H2,(H,11,13,14). The number of ketones is 1.